The Kier molecular flexibility index (Phi) is 4.51. The number of rotatable bonds is 2. The second kappa shape index (κ2) is 6.47. The number of nitrogens with zero attached hydrogens (tertiary/aromatic N) is 4. The number of alkyl halides is 3. The van der Waals surface area contributed by atoms with Crippen LogP contribution in [0.1, 0.15) is 18.2 Å². The van der Waals surface area contributed by atoms with Crippen molar-refractivity contribution in [2.24, 2.45) is 0 Å². The maximum atomic E-state index is 12.7. The van der Waals surface area contributed by atoms with Crippen LogP contribution in [0.4, 0.5) is 19.1 Å². The van der Waals surface area contributed by atoms with E-state index in [0.717, 1.165) is 6.07 Å². The second-order valence-corrected chi connectivity index (χ2v) is 5.90. The fourth-order valence-electron chi connectivity index (χ4n) is 2.68. The molecule has 1 saturated heterocycles. The summed E-state index contributed by atoms with van der Waals surface area (Å²) in [5.74, 6) is -0.0791. The number of hydrogen-bond acceptors (Lipinski definition) is 6. The van der Waals surface area contributed by atoms with Crippen LogP contribution in [0.2, 0.25) is 0 Å². The molecule has 1 aliphatic rings. The van der Waals surface area contributed by atoms with Gasteiger partial charge in [0.1, 0.15) is 11.4 Å². The summed E-state index contributed by atoms with van der Waals surface area (Å²) >= 11 is 0. The Morgan fingerprint density at radius 3 is 2.64 bits per heavy atom. The number of aromatic nitrogens is 3. The average molecular weight is 354 g/mol. The summed E-state index contributed by atoms with van der Waals surface area (Å²) in [4.78, 5) is 6.32. The van der Waals surface area contributed by atoms with Crippen LogP contribution < -0.4 is 4.90 Å². The molecule has 1 aromatic carbocycles. The maximum Gasteiger partial charge on any atom is 0.416 e. The minimum absolute atomic E-state index is 0.0521. The number of anilines is 1. The molecule has 25 heavy (non-hydrogen) atoms. The molecule has 1 unspecified atom stereocenters. The van der Waals surface area contributed by atoms with E-state index in [9.17, 15) is 18.3 Å². The number of ether oxygens (including phenoxy) is 1. The number of hydrogen-bond donors (Lipinski definition) is 1. The largest absolute Gasteiger partial charge is 0.507 e. The number of halogens is 3. The minimum Gasteiger partial charge on any atom is -0.507 e. The molecule has 1 fully saturated rings. The predicted octanol–water partition coefficient (Wildman–Crippen LogP) is 2.80. The lowest BCUT2D eigenvalue weighted by molar-refractivity contribution is -0.137. The van der Waals surface area contributed by atoms with Gasteiger partial charge >= 0.3 is 6.18 Å². The monoisotopic (exact) mass is 354 g/mol. The summed E-state index contributed by atoms with van der Waals surface area (Å²) in [6, 6.07) is 2.75. The molecule has 6 nitrogen and oxygen atoms in total. The third kappa shape index (κ3) is 3.65. The van der Waals surface area contributed by atoms with E-state index < -0.39 is 17.5 Å². The highest BCUT2D eigenvalue weighted by molar-refractivity contribution is 5.69. The number of benzene rings is 1. The van der Waals surface area contributed by atoms with Gasteiger partial charge in [-0.25, -0.2) is 4.98 Å². The van der Waals surface area contributed by atoms with Crippen molar-refractivity contribution in [3.63, 3.8) is 0 Å². The summed E-state index contributed by atoms with van der Waals surface area (Å²) in [5, 5.41) is 18.1. The van der Waals surface area contributed by atoms with E-state index >= 15 is 0 Å². The van der Waals surface area contributed by atoms with E-state index in [1.165, 1.54) is 6.07 Å². The van der Waals surface area contributed by atoms with E-state index in [-0.39, 0.29) is 17.4 Å². The van der Waals surface area contributed by atoms with Crippen molar-refractivity contribution in [1.29, 1.82) is 0 Å². The molecule has 1 N–H and O–H groups in total. The zero-order chi connectivity index (χ0) is 18.2. The molecule has 0 amide bonds. The highest BCUT2D eigenvalue weighted by atomic mass is 19.4. The van der Waals surface area contributed by atoms with Crippen molar-refractivity contribution in [2.45, 2.75) is 26.1 Å². The van der Waals surface area contributed by atoms with Crippen LogP contribution in [-0.4, -0.2) is 46.1 Å². The number of aromatic hydroxyl groups is 1. The molecule has 3 rings (SSSR count). The molecule has 0 bridgehead atoms. The maximum absolute atomic E-state index is 12.7. The third-order valence-electron chi connectivity index (χ3n) is 3.95. The lowest BCUT2D eigenvalue weighted by Crippen LogP contribution is -2.42. The number of aryl methyl sites for hydroxylation is 1. The van der Waals surface area contributed by atoms with Gasteiger partial charge in [-0.15, -0.1) is 10.2 Å². The molecular weight excluding hydrogens is 337 g/mol. The Hall–Kier alpha value is -2.42. The van der Waals surface area contributed by atoms with Gasteiger partial charge in [0.05, 0.1) is 24.0 Å². The van der Waals surface area contributed by atoms with Crippen LogP contribution in [0.25, 0.3) is 11.3 Å². The summed E-state index contributed by atoms with van der Waals surface area (Å²) in [7, 11) is 0. The Balaban J connectivity index is 1.91. The normalized spacial score (nSPS) is 18.4. The van der Waals surface area contributed by atoms with Gasteiger partial charge in [-0.05, 0) is 32.0 Å². The molecule has 9 heteroatoms. The van der Waals surface area contributed by atoms with Crippen LogP contribution >= 0.6 is 0 Å². The highest BCUT2D eigenvalue weighted by Gasteiger charge is 2.31. The standard InChI is InChI=1S/C16H17F3N4O2/c1-9-8-23(5-6-25-9)15-20-10(2)14(21-22-15)12-4-3-11(7-13(12)24)16(17,18)19/h3-4,7,9,24H,5-6,8H2,1-2H3. The molecule has 2 aromatic rings. The van der Waals surface area contributed by atoms with Crippen molar-refractivity contribution in [3.8, 4) is 17.0 Å². The fourth-order valence-corrected chi connectivity index (χ4v) is 2.68. The summed E-state index contributed by atoms with van der Waals surface area (Å²) in [5.41, 5.74) is -0.0471. The van der Waals surface area contributed by atoms with Gasteiger partial charge < -0.3 is 14.7 Å². The van der Waals surface area contributed by atoms with Crippen molar-refractivity contribution < 1.29 is 23.0 Å². The topological polar surface area (TPSA) is 71.4 Å². The quantitative estimate of drug-likeness (QED) is 0.894. The van der Waals surface area contributed by atoms with Crippen molar-refractivity contribution in [1.82, 2.24) is 15.2 Å². The lowest BCUT2D eigenvalue weighted by Gasteiger charge is -2.30. The van der Waals surface area contributed by atoms with E-state index in [1.54, 1.807) is 6.92 Å². The zero-order valence-corrected chi connectivity index (χ0v) is 13.7. The molecule has 0 saturated carbocycles. The first kappa shape index (κ1) is 17.4. The molecule has 2 heterocycles. The van der Waals surface area contributed by atoms with E-state index in [0.29, 0.717) is 37.4 Å². The van der Waals surface area contributed by atoms with Gasteiger partial charge in [0.15, 0.2) is 0 Å². The zero-order valence-electron chi connectivity index (χ0n) is 13.7. The lowest BCUT2D eigenvalue weighted by atomic mass is 10.1. The number of phenols is 1. The van der Waals surface area contributed by atoms with E-state index in [1.807, 2.05) is 11.8 Å². The van der Waals surface area contributed by atoms with Crippen LogP contribution in [-0.2, 0) is 10.9 Å². The highest BCUT2D eigenvalue weighted by Crippen LogP contribution is 2.36. The van der Waals surface area contributed by atoms with Crippen LogP contribution in [0.5, 0.6) is 5.75 Å². The Labute approximate surface area is 142 Å². The first-order valence-corrected chi connectivity index (χ1v) is 7.74. The Morgan fingerprint density at radius 1 is 1.28 bits per heavy atom. The van der Waals surface area contributed by atoms with Crippen molar-refractivity contribution in [3.05, 3.63) is 29.5 Å². The van der Waals surface area contributed by atoms with E-state index in [2.05, 4.69) is 15.2 Å². The first-order chi connectivity index (χ1) is 11.8. The van der Waals surface area contributed by atoms with Gasteiger partial charge in [0.25, 0.3) is 0 Å². The summed E-state index contributed by atoms with van der Waals surface area (Å²) in [6.45, 7) is 5.45. The van der Waals surface area contributed by atoms with Crippen molar-refractivity contribution in [2.75, 3.05) is 24.6 Å². The molecule has 0 spiro atoms. The third-order valence-corrected chi connectivity index (χ3v) is 3.95. The van der Waals surface area contributed by atoms with Gasteiger partial charge in [-0.2, -0.15) is 13.2 Å². The SMILES string of the molecule is Cc1nc(N2CCOC(C)C2)nnc1-c1ccc(C(F)(F)F)cc1O. The van der Waals surface area contributed by atoms with Crippen molar-refractivity contribution >= 4 is 5.95 Å². The summed E-state index contributed by atoms with van der Waals surface area (Å²) in [6.07, 6.45) is -4.47. The molecular formula is C16H17F3N4O2. The van der Waals surface area contributed by atoms with Crippen LogP contribution in [0, 0.1) is 6.92 Å². The van der Waals surface area contributed by atoms with Gasteiger partial charge in [0, 0.05) is 18.7 Å². The second-order valence-electron chi connectivity index (χ2n) is 5.90. The fraction of sp³-hybridized carbons (Fsp3) is 0.438. The Morgan fingerprint density at radius 2 is 2.04 bits per heavy atom. The smallest absolute Gasteiger partial charge is 0.416 e. The predicted molar refractivity (Wildman–Crippen MR) is 84.3 cm³/mol. The molecule has 1 aliphatic heterocycles. The molecule has 0 aliphatic carbocycles. The molecule has 1 atom stereocenters. The van der Waals surface area contributed by atoms with Crippen LogP contribution in [0.3, 0.4) is 0 Å². The molecule has 0 radical (unpaired) electrons. The van der Waals surface area contributed by atoms with Gasteiger partial charge in [-0.3, -0.25) is 0 Å². The number of phenolic OH excluding ortho intramolecular Hbond substituents is 1. The van der Waals surface area contributed by atoms with Crippen LogP contribution in [0.15, 0.2) is 18.2 Å². The minimum atomic E-state index is -4.52. The first-order valence-electron chi connectivity index (χ1n) is 7.74. The number of morpholine rings is 1. The molecule has 134 valence electrons. The summed E-state index contributed by atoms with van der Waals surface area (Å²) < 4.78 is 43.6. The van der Waals surface area contributed by atoms with Gasteiger partial charge in [0.2, 0.25) is 5.95 Å². The van der Waals surface area contributed by atoms with Gasteiger partial charge in [-0.1, -0.05) is 0 Å². The Bertz CT molecular complexity index is 782. The average Bonchev–Trinajstić information content (AvgIpc) is 2.54. The van der Waals surface area contributed by atoms with E-state index in [4.69, 9.17) is 4.74 Å². The molecule has 1 aromatic heterocycles.